The van der Waals surface area contributed by atoms with Gasteiger partial charge in [0, 0.05) is 18.9 Å². The van der Waals surface area contributed by atoms with Crippen molar-refractivity contribution < 1.29 is 9.47 Å². The maximum atomic E-state index is 11.3. The molecule has 0 fully saturated rings. The zero-order valence-electron chi connectivity index (χ0n) is 11.2. The van der Waals surface area contributed by atoms with Crippen LogP contribution in [0.3, 0.4) is 0 Å². The van der Waals surface area contributed by atoms with E-state index in [2.05, 4.69) is 4.98 Å². The standard InChI is InChI=1S/C14H18N2O3/c1-18-12-6-5-11(10-13(12)19-2)4-3-8-16-9-7-15-14(16)17/h5-7,9-10H,3-4,8H2,1-2H3,(H,15,17). The summed E-state index contributed by atoms with van der Waals surface area (Å²) in [6.45, 7) is 0.705. The summed E-state index contributed by atoms with van der Waals surface area (Å²) in [4.78, 5) is 13.9. The van der Waals surface area contributed by atoms with Crippen molar-refractivity contribution in [2.75, 3.05) is 14.2 Å². The van der Waals surface area contributed by atoms with Gasteiger partial charge in [-0.25, -0.2) is 4.79 Å². The minimum Gasteiger partial charge on any atom is -0.493 e. The SMILES string of the molecule is COc1ccc(CCCn2cc[nH]c2=O)cc1OC. The van der Waals surface area contributed by atoms with Gasteiger partial charge in [0.05, 0.1) is 14.2 Å². The largest absolute Gasteiger partial charge is 0.493 e. The molecule has 0 aliphatic rings. The molecule has 1 heterocycles. The number of aromatic amines is 1. The summed E-state index contributed by atoms with van der Waals surface area (Å²) in [7, 11) is 3.25. The molecule has 5 heteroatoms. The number of nitrogens with zero attached hydrogens (tertiary/aromatic N) is 1. The van der Waals surface area contributed by atoms with Gasteiger partial charge in [-0.15, -0.1) is 0 Å². The quantitative estimate of drug-likeness (QED) is 0.864. The molecular formula is C14H18N2O3. The fraction of sp³-hybridized carbons (Fsp3) is 0.357. The molecule has 1 aromatic heterocycles. The molecular weight excluding hydrogens is 244 g/mol. The lowest BCUT2D eigenvalue weighted by molar-refractivity contribution is 0.354. The van der Waals surface area contributed by atoms with E-state index in [1.54, 1.807) is 31.2 Å². The Morgan fingerprint density at radius 1 is 1.21 bits per heavy atom. The van der Waals surface area contributed by atoms with Gasteiger partial charge in [-0.2, -0.15) is 0 Å². The van der Waals surface area contributed by atoms with E-state index in [-0.39, 0.29) is 5.69 Å². The number of methoxy groups -OCH3 is 2. The second-order valence-corrected chi connectivity index (χ2v) is 4.25. The van der Waals surface area contributed by atoms with Gasteiger partial charge >= 0.3 is 5.69 Å². The molecule has 2 aromatic rings. The molecule has 5 nitrogen and oxygen atoms in total. The van der Waals surface area contributed by atoms with E-state index in [0.29, 0.717) is 6.54 Å². The molecule has 0 aliphatic heterocycles. The van der Waals surface area contributed by atoms with E-state index in [9.17, 15) is 4.79 Å². The second kappa shape index (κ2) is 6.13. The van der Waals surface area contributed by atoms with Crippen LogP contribution >= 0.6 is 0 Å². The van der Waals surface area contributed by atoms with Crippen LogP contribution in [0.15, 0.2) is 35.4 Å². The molecule has 1 aromatic carbocycles. The molecule has 0 aliphatic carbocycles. The highest BCUT2D eigenvalue weighted by Crippen LogP contribution is 2.27. The molecule has 0 saturated carbocycles. The van der Waals surface area contributed by atoms with Gasteiger partial charge < -0.3 is 14.5 Å². The molecule has 0 amide bonds. The summed E-state index contributed by atoms with van der Waals surface area (Å²) in [6.07, 6.45) is 5.20. The van der Waals surface area contributed by atoms with Crippen molar-refractivity contribution in [1.82, 2.24) is 9.55 Å². The molecule has 19 heavy (non-hydrogen) atoms. The fourth-order valence-electron chi connectivity index (χ4n) is 2.01. The lowest BCUT2D eigenvalue weighted by Gasteiger charge is -2.09. The number of rotatable bonds is 6. The van der Waals surface area contributed by atoms with Crippen LogP contribution in [0.5, 0.6) is 11.5 Å². The van der Waals surface area contributed by atoms with E-state index in [1.165, 1.54) is 5.56 Å². The number of nitrogens with one attached hydrogen (secondary N) is 1. The van der Waals surface area contributed by atoms with Gasteiger partial charge in [0.25, 0.3) is 0 Å². The van der Waals surface area contributed by atoms with Gasteiger partial charge in [-0.05, 0) is 30.5 Å². The summed E-state index contributed by atoms with van der Waals surface area (Å²) in [5.41, 5.74) is 1.11. The Morgan fingerprint density at radius 2 is 2.00 bits per heavy atom. The second-order valence-electron chi connectivity index (χ2n) is 4.25. The number of aromatic nitrogens is 2. The summed E-state index contributed by atoms with van der Waals surface area (Å²) >= 11 is 0. The minimum absolute atomic E-state index is 0.0627. The molecule has 0 unspecified atom stereocenters. The van der Waals surface area contributed by atoms with Crippen LogP contribution < -0.4 is 15.2 Å². The Balaban J connectivity index is 1.96. The molecule has 0 saturated heterocycles. The van der Waals surface area contributed by atoms with Crippen LogP contribution in [0.25, 0.3) is 0 Å². The first-order valence-electron chi connectivity index (χ1n) is 6.19. The van der Waals surface area contributed by atoms with Crippen LogP contribution in [0.4, 0.5) is 0 Å². The fourth-order valence-corrected chi connectivity index (χ4v) is 2.01. The van der Waals surface area contributed by atoms with E-state index < -0.39 is 0 Å². The van der Waals surface area contributed by atoms with Crippen LogP contribution in [0.1, 0.15) is 12.0 Å². The third kappa shape index (κ3) is 3.19. The number of ether oxygens (including phenoxy) is 2. The number of imidazole rings is 1. The highest BCUT2D eigenvalue weighted by molar-refractivity contribution is 5.42. The van der Waals surface area contributed by atoms with Crippen LogP contribution in [-0.4, -0.2) is 23.8 Å². The average Bonchev–Trinajstić information content (AvgIpc) is 2.84. The van der Waals surface area contributed by atoms with Crippen LogP contribution in [-0.2, 0) is 13.0 Å². The summed E-state index contributed by atoms with van der Waals surface area (Å²) in [6, 6.07) is 5.89. The summed E-state index contributed by atoms with van der Waals surface area (Å²) in [5, 5.41) is 0. The Labute approximate surface area is 111 Å². The molecule has 0 spiro atoms. The molecule has 0 atom stereocenters. The van der Waals surface area contributed by atoms with Crippen molar-refractivity contribution in [2.24, 2.45) is 0 Å². The highest BCUT2D eigenvalue weighted by atomic mass is 16.5. The Hall–Kier alpha value is -2.17. The van der Waals surface area contributed by atoms with Crippen molar-refractivity contribution >= 4 is 0 Å². The van der Waals surface area contributed by atoms with Crippen molar-refractivity contribution in [3.63, 3.8) is 0 Å². The number of hydrogen-bond donors (Lipinski definition) is 1. The maximum Gasteiger partial charge on any atom is 0.325 e. The van der Waals surface area contributed by atoms with Crippen molar-refractivity contribution in [1.29, 1.82) is 0 Å². The minimum atomic E-state index is -0.0627. The monoisotopic (exact) mass is 262 g/mol. The third-order valence-electron chi connectivity index (χ3n) is 3.03. The highest BCUT2D eigenvalue weighted by Gasteiger charge is 2.04. The maximum absolute atomic E-state index is 11.3. The normalized spacial score (nSPS) is 10.4. The zero-order valence-corrected chi connectivity index (χ0v) is 11.2. The molecule has 0 bridgehead atoms. The number of benzene rings is 1. The van der Waals surface area contributed by atoms with Crippen molar-refractivity contribution in [2.45, 2.75) is 19.4 Å². The molecule has 2 rings (SSSR count). The summed E-state index contributed by atoms with van der Waals surface area (Å²) < 4.78 is 12.1. The van der Waals surface area contributed by atoms with Crippen LogP contribution in [0.2, 0.25) is 0 Å². The van der Waals surface area contributed by atoms with E-state index >= 15 is 0 Å². The lowest BCUT2D eigenvalue weighted by Crippen LogP contribution is -2.16. The predicted molar refractivity (Wildman–Crippen MR) is 72.9 cm³/mol. The van der Waals surface area contributed by atoms with Gasteiger partial charge in [0.1, 0.15) is 0 Å². The predicted octanol–water partition coefficient (Wildman–Crippen LogP) is 1.83. The summed E-state index contributed by atoms with van der Waals surface area (Å²) in [5.74, 6) is 1.46. The zero-order chi connectivity index (χ0) is 13.7. The van der Waals surface area contributed by atoms with E-state index in [4.69, 9.17) is 9.47 Å². The molecule has 102 valence electrons. The van der Waals surface area contributed by atoms with Gasteiger partial charge in [0.2, 0.25) is 0 Å². The van der Waals surface area contributed by atoms with Gasteiger partial charge in [-0.1, -0.05) is 6.07 Å². The topological polar surface area (TPSA) is 56.2 Å². The van der Waals surface area contributed by atoms with E-state index in [1.807, 2.05) is 18.2 Å². The van der Waals surface area contributed by atoms with Crippen molar-refractivity contribution in [3.05, 3.63) is 46.6 Å². The average molecular weight is 262 g/mol. The Bertz CT molecular complexity index is 586. The third-order valence-corrected chi connectivity index (χ3v) is 3.03. The first-order valence-corrected chi connectivity index (χ1v) is 6.19. The van der Waals surface area contributed by atoms with E-state index in [0.717, 1.165) is 24.3 Å². The Morgan fingerprint density at radius 3 is 2.63 bits per heavy atom. The number of H-pyrrole nitrogens is 1. The molecule has 0 radical (unpaired) electrons. The first kappa shape index (κ1) is 13.3. The van der Waals surface area contributed by atoms with Gasteiger partial charge in [-0.3, -0.25) is 4.57 Å². The van der Waals surface area contributed by atoms with Crippen molar-refractivity contribution in [3.8, 4) is 11.5 Å². The number of hydrogen-bond acceptors (Lipinski definition) is 3. The van der Waals surface area contributed by atoms with Gasteiger partial charge in [0.15, 0.2) is 11.5 Å². The first-order chi connectivity index (χ1) is 9.24. The number of aryl methyl sites for hydroxylation is 2. The van der Waals surface area contributed by atoms with Crippen LogP contribution in [0, 0.1) is 0 Å². The lowest BCUT2D eigenvalue weighted by atomic mass is 10.1. The Kier molecular flexibility index (Phi) is 4.28. The smallest absolute Gasteiger partial charge is 0.325 e. The molecule has 1 N–H and O–H groups in total.